The van der Waals surface area contributed by atoms with Crippen molar-refractivity contribution in [3.05, 3.63) is 59.7 Å². The van der Waals surface area contributed by atoms with Crippen LogP contribution in [-0.4, -0.2) is 16.8 Å². The van der Waals surface area contributed by atoms with Gasteiger partial charge in [0.25, 0.3) is 5.24 Å². The number of benzene rings is 2. The van der Waals surface area contributed by atoms with Crippen molar-refractivity contribution in [2.24, 2.45) is 0 Å². The molecule has 0 unspecified atom stereocenters. The number of para-hydroxylation sites is 1. The highest BCUT2D eigenvalue weighted by Crippen LogP contribution is 2.28. The number of carbonyl (C=O) groups is 1. The van der Waals surface area contributed by atoms with Crippen molar-refractivity contribution < 1.29 is 9.53 Å². The molecule has 0 saturated carbocycles. The summed E-state index contributed by atoms with van der Waals surface area (Å²) < 4.78 is 5.60. The Morgan fingerprint density at radius 1 is 1.17 bits per heavy atom. The van der Waals surface area contributed by atoms with Crippen LogP contribution in [-0.2, 0) is 0 Å². The van der Waals surface area contributed by atoms with Crippen molar-refractivity contribution in [1.82, 2.24) is 4.98 Å². The third-order valence-corrected chi connectivity index (χ3v) is 4.08. The number of ether oxygens (including phenoxy) is 1. The van der Waals surface area contributed by atoms with Crippen LogP contribution in [0.5, 0.6) is 5.75 Å². The molecule has 0 fully saturated rings. The summed E-state index contributed by atoms with van der Waals surface area (Å²) in [7, 11) is 0. The van der Waals surface area contributed by atoms with Gasteiger partial charge in [-0.1, -0.05) is 25.1 Å². The van der Waals surface area contributed by atoms with Crippen LogP contribution in [0.3, 0.4) is 0 Å². The maximum absolute atomic E-state index is 11.8. The van der Waals surface area contributed by atoms with Gasteiger partial charge in [-0.15, -0.1) is 0 Å². The van der Waals surface area contributed by atoms with Gasteiger partial charge in [-0.05, 0) is 60.8 Å². The average Bonchev–Trinajstić information content (AvgIpc) is 2.60. The molecule has 24 heavy (non-hydrogen) atoms. The number of hydrogen-bond acceptors (Lipinski definition) is 3. The molecule has 1 aromatic heterocycles. The van der Waals surface area contributed by atoms with Gasteiger partial charge in [0.05, 0.1) is 17.8 Å². The Kier molecular flexibility index (Phi) is 4.81. The number of nitrogens with zero attached hydrogens (tertiary/aromatic N) is 1. The smallest absolute Gasteiger partial charge is 0.253 e. The summed E-state index contributed by atoms with van der Waals surface area (Å²) in [4.78, 5) is 16.6. The maximum atomic E-state index is 11.8. The lowest BCUT2D eigenvalue weighted by molar-refractivity contribution is 0.108. The lowest BCUT2D eigenvalue weighted by Gasteiger charge is -2.10. The predicted molar refractivity (Wildman–Crippen MR) is 97.9 cm³/mol. The fourth-order valence-corrected chi connectivity index (χ4v) is 2.80. The lowest BCUT2D eigenvalue weighted by atomic mass is 10.0. The number of hydrogen-bond donors (Lipinski definition) is 0. The normalized spacial score (nSPS) is 10.8. The predicted octanol–water partition coefficient (Wildman–Crippen LogP) is 5.38. The second-order valence-electron chi connectivity index (χ2n) is 5.67. The Balaban J connectivity index is 2.09. The van der Waals surface area contributed by atoms with Crippen LogP contribution in [0.4, 0.5) is 0 Å². The topological polar surface area (TPSA) is 39.2 Å². The zero-order chi connectivity index (χ0) is 17.1. The molecular weight excluding hydrogens is 322 g/mol. The largest absolute Gasteiger partial charge is 0.494 e. The number of rotatable bonds is 5. The van der Waals surface area contributed by atoms with E-state index in [4.69, 9.17) is 21.3 Å². The van der Waals surface area contributed by atoms with Crippen LogP contribution in [0.15, 0.2) is 48.5 Å². The number of pyridine rings is 1. The molecule has 0 aliphatic rings. The van der Waals surface area contributed by atoms with E-state index in [0.717, 1.165) is 39.9 Å². The van der Waals surface area contributed by atoms with Crippen LogP contribution in [0.1, 0.15) is 29.3 Å². The minimum absolute atomic E-state index is 0.475. The van der Waals surface area contributed by atoms with E-state index in [1.165, 1.54) is 0 Å². The Bertz CT molecular complexity index is 888. The summed E-state index contributed by atoms with van der Waals surface area (Å²) >= 11 is 5.79. The molecular formula is C20H18ClNO2. The molecule has 0 aliphatic carbocycles. The SMILES string of the molecule is CCCOc1ccc(-c2cc(C(=O)Cl)c3cccc(C)c3n2)cc1. The highest BCUT2D eigenvalue weighted by Gasteiger charge is 2.13. The zero-order valence-electron chi connectivity index (χ0n) is 13.7. The van der Waals surface area contributed by atoms with Crippen LogP contribution in [0.2, 0.25) is 0 Å². The first-order valence-electron chi connectivity index (χ1n) is 7.93. The fraction of sp³-hybridized carbons (Fsp3) is 0.200. The van der Waals surface area contributed by atoms with Gasteiger partial charge in [0.15, 0.2) is 0 Å². The number of aromatic nitrogens is 1. The third-order valence-electron chi connectivity index (χ3n) is 3.88. The average molecular weight is 340 g/mol. The third kappa shape index (κ3) is 3.26. The summed E-state index contributed by atoms with van der Waals surface area (Å²) in [5, 5.41) is 0.304. The molecule has 0 aliphatic heterocycles. The van der Waals surface area contributed by atoms with Crippen molar-refractivity contribution in [3.8, 4) is 17.0 Å². The number of carbonyl (C=O) groups excluding carboxylic acids is 1. The van der Waals surface area contributed by atoms with Crippen LogP contribution in [0.25, 0.3) is 22.2 Å². The molecule has 0 radical (unpaired) electrons. The Hall–Kier alpha value is -2.39. The zero-order valence-corrected chi connectivity index (χ0v) is 14.4. The van der Waals surface area contributed by atoms with E-state index in [1.807, 2.05) is 49.4 Å². The summed E-state index contributed by atoms with van der Waals surface area (Å²) in [6.07, 6.45) is 0.967. The highest BCUT2D eigenvalue weighted by atomic mass is 35.5. The van der Waals surface area contributed by atoms with E-state index in [0.29, 0.717) is 12.2 Å². The first-order valence-corrected chi connectivity index (χ1v) is 8.31. The van der Waals surface area contributed by atoms with Crippen LogP contribution in [0, 0.1) is 6.92 Å². The molecule has 3 aromatic rings. The van der Waals surface area contributed by atoms with Gasteiger partial charge in [-0.25, -0.2) is 4.98 Å². The van der Waals surface area contributed by atoms with Crippen molar-refractivity contribution >= 4 is 27.7 Å². The summed E-state index contributed by atoms with van der Waals surface area (Å²) in [5.41, 5.74) is 3.93. The van der Waals surface area contributed by atoms with E-state index in [1.54, 1.807) is 6.07 Å². The van der Waals surface area contributed by atoms with Crippen LogP contribution >= 0.6 is 11.6 Å². The van der Waals surface area contributed by atoms with E-state index < -0.39 is 5.24 Å². The van der Waals surface area contributed by atoms with Crippen molar-refractivity contribution in [1.29, 1.82) is 0 Å². The number of fused-ring (bicyclic) bond motifs is 1. The minimum Gasteiger partial charge on any atom is -0.494 e. The van der Waals surface area contributed by atoms with Gasteiger partial charge >= 0.3 is 0 Å². The second kappa shape index (κ2) is 7.02. The highest BCUT2D eigenvalue weighted by molar-refractivity contribution is 6.68. The van der Waals surface area contributed by atoms with Crippen LogP contribution < -0.4 is 4.74 Å². The quantitative estimate of drug-likeness (QED) is 0.586. The van der Waals surface area contributed by atoms with Gasteiger partial charge in [-0.3, -0.25) is 4.79 Å². The number of aryl methyl sites for hydroxylation is 1. The molecule has 0 atom stereocenters. The first kappa shape index (κ1) is 16.5. The van der Waals surface area contributed by atoms with Gasteiger partial charge in [-0.2, -0.15) is 0 Å². The molecule has 3 rings (SSSR count). The summed E-state index contributed by atoms with van der Waals surface area (Å²) in [5.74, 6) is 0.825. The lowest BCUT2D eigenvalue weighted by Crippen LogP contribution is -1.97. The molecule has 2 aromatic carbocycles. The van der Waals surface area contributed by atoms with Gasteiger partial charge in [0, 0.05) is 16.5 Å². The minimum atomic E-state index is -0.475. The Labute approximate surface area is 146 Å². The monoisotopic (exact) mass is 339 g/mol. The molecule has 122 valence electrons. The van der Waals surface area contributed by atoms with E-state index in [9.17, 15) is 4.79 Å². The van der Waals surface area contributed by atoms with Gasteiger partial charge in [0.1, 0.15) is 5.75 Å². The van der Waals surface area contributed by atoms with E-state index in [2.05, 4.69) is 6.92 Å². The van der Waals surface area contributed by atoms with E-state index in [-0.39, 0.29) is 0 Å². The number of halogens is 1. The summed E-state index contributed by atoms with van der Waals surface area (Å²) in [6, 6.07) is 15.2. The molecule has 0 bridgehead atoms. The molecule has 4 heteroatoms. The summed E-state index contributed by atoms with van der Waals surface area (Å²) in [6.45, 7) is 4.74. The van der Waals surface area contributed by atoms with Gasteiger partial charge < -0.3 is 4.74 Å². The molecule has 0 amide bonds. The second-order valence-corrected chi connectivity index (χ2v) is 6.02. The first-order chi connectivity index (χ1) is 11.6. The Morgan fingerprint density at radius 2 is 1.92 bits per heavy atom. The van der Waals surface area contributed by atoms with Crippen molar-refractivity contribution in [2.75, 3.05) is 6.61 Å². The van der Waals surface area contributed by atoms with Crippen molar-refractivity contribution in [3.63, 3.8) is 0 Å². The maximum Gasteiger partial charge on any atom is 0.253 e. The molecule has 0 N–H and O–H groups in total. The molecule has 3 nitrogen and oxygen atoms in total. The molecule has 0 spiro atoms. The Morgan fingerprint density at radius 3 is 2.58 bits per heavy atom. The van der Waals surface area contributed by atoms with Crippen molar-refractivity contribution in [2.45, 2.75) is 20.3 Å². The fourth-order valence-electron chi connectivity index (χ4n) is 2.64. The molecule has 0 saturated heterocycles. The standard InChI is InChI=1S/C20H18ClNO2/c1-3-11-24-15-9-7-14(8-10-15)18-12-17(20(21)23)16-6-4-5-13(2)19(16)22-18/h4-10,12H,3,11H2,1-2H3. The van der Waals surface area contributed by atoms with E-state index >= 15 is 0 Å². The molecule has 1 heterocycles. The van der Waals surface area contributed by atoms with Gasteiger partial charge in [0.2, 0.25) is 0 Å².